The first-order valence-electron chi connectivity index (χ1n) is 9.78. The van der Waals surface area contributed by atoms with Gasteiger partial charge in [-0.1, -0.05) is 11.8 Å². The number of hydrogen-bond donors (Lipinski definition) is 1. The quantitative estimate of drug-likeness (QED) is 0.556. The third kappa shape index (κ3) is 4.11. The number of carbonyl (C=O) groups excluding carboxylic acids is 1. The van der Waals surface area contributed by atoms with E-state index >= 15 is 0 Å². The minimum atomic E-state index is -0.440. The number of hydrogen-bond acceptors (Lipinski definition) is 9. The number of rotatable bonds is 4. The number of nitro benzene ring substituents is 1. The molecule has 4 rings (SSSR count). The monoisotopic (exact) mass is 455 g/mol. The van der Waals surface area contributed by atoms with Gasteiger partial charge in [0.15, 0.2) is 11.5 Å². The van der Waals surface area contributed by atoms with Crippen LogP contribution in [0.4, 0.5) is 5.69 Å². The molecule has 2 heterocycles. The van der Waals surface area contributed by atoms with Crippen molar-refractivity contribution in [3.8, 4) is 11.5 Å². The normalized spacial score (nSPS) is 18.0. The molecule has 2 aromatic carbocycles. The number of fused-ring (bicyclic) bond motifs is 1. The van der Waals surface area contributed by atoms with Crippen LogP contribution in [0.25, 0.3) is 0 Å². The lowest BCUT2D eigenvalue weighted by molar-refractivity contribution is -0.384. The molecule has 0 spiro atoms. The average molecular weight is 455 g/mol. The molecule has 0 unspecified atom stereocenters. The fraction of sp³-hybridized carbons (Fsp3) is 0.286. The molecular formula is C21H21N5O5S. The number of benzene rings is 2. The first kappa shape index (κ1) is 21.6. The van der Waals surface area contributed by atoms with Gasteiger partial charge in [0.1, 0.15) is 0 Å². The predicted octanol–water partition coefficient (Wildman–Crippen LogP) is 2.75. The SMILES string of the molecule is COc1cc2c(cc1OC)C(c1ccc([N+](=O)[O-])cc1)=NN(C1=NNC(=O)CS1)[C@H](C)C2. The number of methoxy groups -OCH3 is 2. The van der Waals surface area contributed by atoms with Gasteiger partial charge in [0.2, 0.25) is 5.17 Å². The second kappa shape index (κ2) is 8.87. The fourth-order valence-electron chi connectivity index (χ4n) is 3.58. The lowest BCUT2D eigenvalue weighted by Gasteiger charge is -2.27. The Bertz CT molecular complexity index is 1130. The fourth-order valence-corrected chi connectivity index (χ4v) is 4.37. The summed E-state index contributed by atoms with van der Waals surface area (Å²) in [6.07, 6.45) is 0.628. The second-order valence-electron chi connectivity index (χ2n) is 7.23. The van der Waals surface area contributed by atoms with Crippen molar-refractivity contribution in [1.82, 2.24) is 10.4 Å². The van der Waals surface area contributed by atoms with Gasteiger partial charge in [-0.05, 0) is 43.2 Å². The number of amides is 1. The summed E-state index contributed by atoms with van der Waals surface area (Å²) in [7, 11) is 3.15. The van der Waals surface area contributed by atoms with Gasteiger partial charge in [0.05, 0.1) is 36.6 Å². The molecule has 10 nitrogen and oxygen atoms in total. The third-order valence-electron chi connectivity index (χ3n) is 5.16. The van der Waals surface area contributed by atoms with Gasteiger partial charge in [-0.2, -0.15) is 5.10 Å². The number of hydrazone groups is 2. The van der Waals surface area contributed by atoms with Gasteiger partial charge >= 0.3 is 0 Å². The molecule has 0 radical (unpaired) electrons. The van der Waals surface area contributed by atoms with Gasteiger partial charge in [-0.25, -0.2) is 10.4 Å². The summed E-state index contributed by atoms with van der Waals surface area (Å²) in [5.41, 5.74) is 5.63. The molecule has 2 aromatic rings. The van der Waals surface area contributed by atoms with Gasteiger partial charge in [-0.15, -0.1) is 5.10 Å². The Morgan fingerprint density at radius 2 is 1.88 bits per heavy atom. The Morgan fingerprint density at radius 3 is 2.47 bits per heavy atom. The molecule has 166 valence electrons. The average Bonchev–Trinajstić information content (AvgIpc) is 2.94. The van der Waals surface area contributed by atoms with E-state index in [1.165, 1.54) is 23.9 Å². The second-order valence-corrected chi connectivity index (χ2v) is 8.18. The van der Waals surface area contributed by atoms with Crippen molar-refractivity contribution < 1.29 is 19.2 Å². The standard InChI is InChI=1S/C21H21N5O5S/c1-12-8-14-9-17(30-2)18(31-3)10-16(14)20(13-4-6-15(7-5-13)26(28)29)24-25(12)21-23-22-19(27)11-32-21/h4-7,9-10,12H,8,11H2,1-3H3,(H,22,27)/t12-/m1/s1. The zero-order chi connectivity index (χ0) is 22.8. The van der Waals surface area contributed by atoms with E-state index in [2.05, 4.69) is 10.5 Å². The van der Waals surface area contributed by atoms with Gasteiger partial charge in [0, 0.05) is 23.3 Å². The molecule has 1 atom stereocenters. The predicted molar refractivity (Wildman–Crippen MR) is 121 cm³/mol. The molecule has 2 aliphatic heterocycles. The number of non-ortho nitro benzene ring substituents is 1. The molecule has 0 aliphatic carbocycles. The Labute approximate surface area is 188 Å². The number of ether oxygens (including phenoxy) is 2. The van der Waals surface area contributed by atoms with E-state index in [-0.39, 0.29) is 23.4 Å². The highest BCUT2D eigenvalue weighted by Gasteiger charge is 2.30. The summed E-state index contributed by atoms with van der Waals surface area (Å²) in [6, 6.07) is 9.94. The molecule has 32 heavy (non-hydrogen) atoms. The molecule has 0 fully saturated rings. The number of carbonyl (C=O) groups is 1. The molecule has 0 aromatic heterocycles. The lowest BCUT2D eigenvalue weighted by atomic mass is 9.94. The van der Waals surface area contributed by atoms with E-state index in [0.717, 1.165) is 11.1 Å². The summed E-state index contributed by atoms with van der Waals surface area (Å²) < 4.78 is 11.0. The Hall–Kier alpha value is -3.60. The topological polar surface area (TPSA) is 119 Å². The minimum absolute atomic E-state index is 0.00402. The molecule has 0 saturated heterocycles. The van der Waals surface area contributed by atoms with Crippen LogP contribution >= 0.6 is 11.8 Å². The summed E-state index contributed by atoms with van der Waals surface area (Å²) in [4.78, 5) is 22.2. The van der Waals surface area contributed by atoms with Gasteiger partial charge in [0.25, 0.3) is 11.6 Å². The van der Waals surface area contributed by atoms with Crippen LogP contribution in [0.15, 0.2) is 46.6 Å². The number of nitrogens with one attached hydrogen (secondary N) is 1. The van der Waals surface area contributed by atoms with Crippen molar-refractivity contribution in [3.63, 3.8) is 0 Å². The van der Waals surface area contributed by atoms with E-state index in [1.54, 1.807) is 31.4 Å². The molecule has 2 aliphatic rings. The van der Waals surface area contributed by atoms with Crippen LogP contribution in [0.1, 0.15) is 23.6 Å². The van der Waals surface area contributed by atoms with Crippen LogP contribution in [0.3, 0.4) is 0 Å². The van der Waals surface area contributed by atoms with Crippen molar-refractivity contribution in [3.05, 3.63) is 63.2 Å². The smallest absolute Gasteiger partial charge is 0.269 e. The first-order valence-corrected chi connectivity index (χ1v) is 10.8. The van der Waals surface area contributed by atoms with E-state index in [9.17, 15) is 14.9 Å². The van der Waals surface area contributed by atoms with Crippen LogP contribution in [-0.4, -0.2) is 52.7 Å². The number of thioether (sulfide) groups is 1. The third-order valence-corrected chi connectivity index (χ3v) is 6.10. The van der Waals surface area contributed by atoms with E-state index in [1.807, 2.05) is 19.1 Å². The zero-order valence-electron chi connectivity index (χ0n) is 17.7. The van der Waals surface area contributed by atoms with E-state index < -0.39 is 4.92 Å². The van der Waals surface area contributed by atoms with Crippen LogP contribution < -0.4 is 14.9 Å². The minimum Gasteiger partial charge on any atom is -0.493 e. The van der Waals surface area contributed by atoms with E-state index in [4.69, 9.17) is 14.6 Å². The van der Waals surface area contributed by atoms with Crippen molar-refractivity contribution in [2.24, 2.45) is 10.2 Å². The molecule has 1 amide bonds. The van der Waals surface area contributed by atoms with Gasteiger partial charge < -0.3 is 9.47 Å². The highest BCUT2D eigenvalue weighted by molar-refractivity contribution is 8.14. The van der Waals surface area contributed by atoms with Gasteiger partial charge in [-0.3, -0.25) is 14.9 Å². The Balaban J connectivity index is 1.88. The van der Waals surface area contributed by atoms with Crippen molar-refractivity contribution in [2.75, 3.05) is 20.0 Å². The number of amidine groups is 1. The maximum absolute atomic E-state index is 11.6. The van der Waals surface area contributed by atoms with Crippen molar-refractivity contribution in [1.29, 1.82) is 0 Å². The van der Waals surface area contributed by atoms with Crippen molar-refractivity contribution in [2.45, 2.75) is 19.4 Å². The largest absolute Gasteiger partial charge is 0.493 e. The van der Waals surface area contributed by atoms with Crippen LogP contribution in [-0.2, 0) is 11.2 Å². The maximum atomic E-state index is 11.6. The Kier molecular flexibility index (Phi) is 5.99. The maximum Gasteiger partial charge on any atom is 0.269 e. The molecule has 11 heteroatoms. The highest BCUT2D eigenvalue weighted by Crippen LogP contribution is 2.35. The van der Waals surface area contributed by atoms with E-state index in [0.29, 0.717) is 34.4 Å². The lowest BCUT2D eigenvalue weighted by Crippen LogP contribution is -2.39. The number of nitro groups is 1. The summed E-state index contributed by atoms with van der Waals surface area (Å²) in [5.74, 6) is 1.24. The van der Waals surface area contributed by atoms with Crippen LogP contribution in [0, 0.1) is 10.1 Å². The molecule has 1 N–H and O–H groups in total. The summed E-state index contributed by atoms with van der Waals surface area (Å²) in [5, 5.41) is 22.5. The highest BCUT2D eigenvalue weighted by atomic mass is 32.2. The molecular weight excluding hydrogens is 434 g/mol. The van der Waals surface area contributed by atoms with Crippen molar-refractivity contribution >= 4 is 34.2 Å². The summed E-state index contributed by atoms with van der Waals surface area (Å²) >= 11 is 1.31. The molecule has 0 bridgehead atoms. The first-order chi connectivity index (χ1) is 15.4. The zero-order valence-corrected chi connectivity index (χ0v) is 18.5. The van der Waals surface area contributed by atoms with Crippen LogP contribution in [0.5, 0.6) is 11.5 Å². The summed E-state index contributed by atoms with van der Waals surface area (Å²) in [6.45, 7) is 2.02. The number of nitrogens with zero attached hydrogens (tertiary/aromatic N) is 4. The molecule has 0 saturated carbocycles. The van der Waals surface area contributed by atoms with Crippen LogP contribution in [0.2, 0.25) is 0 Å². The Morgan fingerprint density at radius 1 is 1.19 bits per heavy atom.